The van der Waals surface area contributed by atoms with Gasteiger partial charge < -0.3 is 15.4 Å². The summed E-state index contributed by atoms with van der Waals surface area (Å²) in [5, 5.41) is 5.24. The van der Waals surface area contributed by atoms with E-state index in [1.807, 2.05) is 31.9 Å². The molecule has 0 saturated carbocycles. The summed E-state index contributed by atoms with van der Waals surface area (Å²) in [5.74, 6) is 0.408. The van der Waals surface area contributed by atoms with Crippen molar-refractivity contribution >= 4 is 38.7 Å². The molecule has 11 nitrogen and oxygen atoms in total. The molecule has 3 aromatic rings. The Morgan fingerprint density at radius 1 is 1.31 bits per heavy atom. The molecule has 1 saturated heterocycles. The average molecular weight is 498 g/mol. The van der Waals surface area contributed by atoms with Gasteiger partial charge in [0, 0.05) is 31.7 Å². The van der Waals surface area contributed by atoms with Gasteiger partial charge in [0.25, 0.3) is 5.91 Å². The second-order valence-corrected chi connectivity index (χ2v) is 10.4. The molecule has 35 heavy (non-hydrogen) atoms. The predicted molar refractivity (Wildman–Crippen MR) is 132 cm³/mol. The third-order valence-electron chi connectivity index (χ3n) is 6.35. The molecule has 0 radical (unpaired) electrons. The number of anilines is 1. The van der Waals surface area contributed by atoms with E-state index in [-0.39, 0.29) is 17.7 Å². The topological polar surface area (TPSA) is 145 Å². The molecule has 184 valence electrons. The molecule has 0 aliphatic carbocycles. The van der Waals surface area contributed by atoms with Crippen molar-refractivity contribution in [3.63, 3.8) is 0 Å². The number of hydrogen-bond acceptors (Lipinski definition) is 7. The number of nitrogens with zero attached hydrogens (tertiary/aromatic N) is 5. The van der Waals surface area contributed by atoms with Gasteiger partial charge in [-0.2, -0.15) is 13.5 Å². The molecule has 1 aromatic carbocycles. The monoisotopic (exact) mass is 497 g/mol. The van der Waals surface area contributed by atoms with E-state index in [4.69, 9.17) is 10.5 Å². The zero-order chi connectivity index (χ0) is 24.9. The van der Waals surface area contributed by atoms with Gasteiger partial charge >= 0.3 is 10.2 Å². The van der Waals surface area contributed by atoms with Crippen LogP contribution in [0.25, 0.3) is 11.0 Å². The summed E-state index contributed by atoms with van der Waals surface area (Å²) in [6.45, 7) is 5.34. The van der Waals surface area contributed by atoms with Gasteiger partial charge in [0.15, 0.2) is 11.5 Å². The highest BCUT2D eigenvalue weighted by atomic mass is 32.2. The SMILES string of the molecule is Cc1cc(C(=O)N2CCCC(COc3cccc4c3C(N)=NS(=O)(=O)N4)C2)c2c(C)nn(C)c2n1. The van der Waals surface area contributed by atoms with Crippen LogP contribution in [0.5, 0.6) is 5.75 Å². The molecule has 2 aliphatic heterocycles. The number of likely N-dealkylation sites (tertiary alicyclic amines) is 1. The van der Waals surface area contributed by atoms with Crippen LogP contribution in [0.15, 0.2) is 28.7 Å². The number of carbonyl (C=O) groups excluding carboxylic acids is 1. The van der Waals surface area contributed by atoms with E-state index in [2.05, 4.69) is 19.2 Å². The van der Waals surface area contributed by atoms with Crippen molar-refractivity contribution in [2.75, 3.05) is 24.4 Å². The summed E-state index contributed by atoms with van der Waals surface area (Å²) in [6.07, 6.45) is 1.76. The lowest BCUT2D eigenvalue weighted by molar-refractivity contribution is 0.0635. The van der Waals surface area contributed by atoms with Gasteiger partial charge in [0.1, 0.15) is 5.75 Å². The summed E-state index contributed by atoms with van der Waals surface area (Å²) in [4.78, 5) is 20.0. The zero-order valence-electron chi connectivity index (χ0n) is 19.8. The summed E-state index contributed by atoms with van der Waals surface area (Å²) in [7, 11) is -2.03. The van der Waals surface area contributed by atoms with Crippen molar-refractivity contribution < 1.29 is 17.9 Å². The van der Waals surface area contributed by atoms with E-state index in [1.54, 1.807) is 22.9 Å². The highest BCUT2D eigenvalue weighted by Gasteiger charge is 2.29. The lowest BCUT2D eigenvalue weighted by Gasteiger charge is -2.33. The fourth-order valence-corrected chi connectivity index (χ4v) is 5.68. The number of hydrogen-bond donors (Lipinski definition) is 2. The van der Waals surface area contributed by atoms with E-state index < -0.39 is 10.2 Å². The van der Waals surface area contributed by atoms with Gasteiger partial charge in [-0.1, -0.05) is 6.07 Å². The molecule has 1 fully saturated rings. The molecule has 12 heteroatoms. The number of piperidine rings is 1. The summed E-state index contributed by atoms with van der Waals surface area (Å²) in [5.41, 5.74) is 9.54. The predicted octanol–water partition coefficient (Wildman–Crippen LogP) is 1.89. The Kier molecular flexibility index (Phi) is 5.62. The molecular formula is C23H27N7O4S. The van der Waals surface area contributed by atoms with Crippen LogP contribution < -0.4 is 15.2 Å². The number of ether oxygens (including phenoxy) is 1. The highest BCUT2D eigenvalue weighted by molar-refractivity contribution is 7.91. The molecule has 4 heterocycles. The smallest absolute Gasteiger partial charge is 0.344 e. The van der Waals surface area contributed by atoms with E-state index in [1.165, 1.54) is 0 Å². The first-order chi connectivity index (χ1) is 16.6. The maximum atomic E-state index is 13.6. The van der Waals surface area contributed by atoms with Gasteiger partial charge in [-0.05, 0) is 44.9 Å². The number of nitrogens with two attached hydrogens (primary N) is 1. The van der Waals surface area contributed by atoms with Gasteiger partial charge in [0.05, 0.1) is 34.5 Å². The second-order valence-electron chi connectivity index (χ2n) is 9.02. The van der Waals surface area contributed by atoms with Crippen molar-refractivity contribution in [3.8, 4) is 5.75 Å². The van der Waals surface area contributed by atoms with E-state index in [0.717, 1.165) is 29.6 Å². The molecule has 2 aromatic heterocycles. The van der Waals surface area contributed by atoms with Gasteiger partial charge in [-0.3, -0.25) is 14.2 Å². The number of fused-ring (bicyclic) bond motifs is 2. The number of benzene rings is 1. The summed E-state index contributed by atoms with van der Waals surface area (Å²) in [6, 6.07) is 6.87. The van der Waals surface area contributed by atoms with Crippen LogP contribution >= 0.6 is 0 Å². The second kappa shape index (κ2) is 8.52. The summed E-state index contributed by atoms with van der Waals surface area (Å²) < 4.78 is 37.3. The first-order valence-corrected chi connectivity index (χ1v) is 12.8. The van der Waals surface area contributed by atoms with Crippen molar-refractivity contribution in [2.24, 2.45) is 23.1 Å². The third-order valence-corrected chi connectivity index (χ3v) is 7.26. The molecule has 0 bridgehead atoms. The third kappa shape index (κ3) is 4.29. The number of aromatic nitrogens is 3. The maximum absolute atomic E-state index is 13.6. The van der Waals surface area contributed by atoms with Crippen LogP contribution in [0, 0.1) is 19.8 Å². The minimum absolute atomic E-state index is 0.0378. The largest absolute Gasteiger partial charge is 0.492 e. The number of aryl methyl sites for hydroxylation is 3. The van der Waals surface area contributed by atoms with Crippen LogP contribution in [-0.4, -0.2) is 59.5 Å². The quantitative estimate of drug-likeness (QED) is 0.560. The molecule has 1 unspecified atom stereocenters. The molecule has 2 aliphatic rings. The highest BCUT2D eigenvalue weighted by Crippen LogP contribution is 2.31. The van der Waals surface area contributed by atoms with E-state index in [0.29, 0.717) is 47.9 Å². The minimum Gasteiger partial charge on any atom is -0.492 e. The number of pyridine rings is 1. The van der Waals surface area contributed by atoms with Crippen molar-refractivity contribution in [2.45, 2.75) is 26.7 Å². The lowest BCUT2D eigenvalue weighted by atomic mass is 9.97. The fourth-order valence-electron chi connectivity index (χ4n) is 4.84. The Hall–Kier alpha value is -3.67. The number of amides is 1. The number of amidine groups is 1. The van der Waals surface area contributed by atoms with E-state index in [9.17, 15) is 13.2 Å². The summed E-state index contributed by atoms with van der Waals surface area (Å²) >= 11 is 0. The Morgan fingerprint density at radius 3 is 2.91 bits per heavy atom. The van der Waals surface area contributed by atoms with Crippen LogP contribution in [-0.2, 0) is 17.3 Å². The Balaban J connectivity index is 1.34. The standard InChI is InChI=1S/C23H27N7O4S/c1-13-10-16(19-14(2)26-29(3)22(19)25-13)23(31)30-9-5-6-15(11-30)12-34-18-8-4-7-17-20(18)21(24)28-35(32,33)27-17/h4,7-8,10,15,27H,5-6,9,11-12H2,1-3H3,(H2,24,28). The molecular weight excluding hydrogens is 470 g/mol. The Morgan fingerprint density at radius 2 is 2.11 bits per heavy atom. The zero-order valence-corrected chi connectivity index (χ0v) is 20.6. The van der Waals surface area contributed by atoms with Crippen molar-refractivity contribution in [1.82, 2.24) is 19.7 Å². The Bertz CT molecular complexity index is 1480. The van der Waals surface area contributed by atoms with Crippen molar-refractivity contribution in [1.29, 1.82) is 0 Å². The van der Waals surface area contributed by atoms with Gasteiger partial charge in [0.2, 0.25) is 0 Å². The van der Waals surface area contributed by atoms with Crippen LogP contribution in [0.1, 0.15) is 40.2 Å². The lowest BCUT2D eigenvalue weighted by Crippen LogP contribution is -2.41. The molecule has 1 atom stereocenters. The van der Waals surface area contributed by atoms with Crippen LogP contribution in [0.2, 0.25) is 0 Å². The number of rotatable bonds is 4. The molecule has 3 N–H and O–H groups in total. The van der Waals surface area contributed by atoms with Crippen LogP contribution in [0.3, 0.4) is 0 Å². The van der Waals surface area contributed by atoms with Gasteiger partial charge in [-0.25, -0.2) is 4.98 Å². The minimum atomic E-state index is -3.86. The maximum Gasteiger partial charge on any atom is 0.344 e. The average Bonchev–Trinajstić information content (AvgIpc) is 3.08. The normalized spacial score (nSPS) is 19.1. The first-order valence-electron chi connectivity index (χ1n) is 11.4. The molecule has 0 spiro atoms. The fraction of sp³-hybridized carbons (Fsp3) is 0.391. The molecule has 1 amide bonds. The van der Waals surface area contributed by atoms with Crippen LogP contribution in [0.4, 0.5) is 5.69 Å². The van der Waals surface area contributed by atoms with Crippen molar-refractivity contribution in [3.05, 3.63) is 46.8 Å². The molecule has 5 rings (SSSR count). The Labute approximate surface area is 203 Å². The first kappa shape index (κ1) is 23.1. The van der Waals surface area contributed by atoms with Gasteiger partial charge in [-0.15, -0.1) is 4.40 Å². The van der Waals surface area contributed by atoms with E-state index >= 15 is 0 Å². The number of carbonyl (C=O) groups is 1. The number of nitrogens with one attached hydrogen (secondary N) is 1.